The van der Waals surface area contributed by atoms with Crippen molar-refractivity contribution in [2.45, 2.75) is 50.6 Å². The van der Waals surface area contributed by atoms with E-state index in [9.17, 15) is 22.4 Å². The number of nitrogens with one attached hydrogen (secondary N) is 1. The third-order valence-corrected chi connectivity index (χ3v) is 7.25. The smallest absolute Gasteiger partial charge is 0.243 e. The molecule has 3 rings (SSSR count). The van der Waals surface area contributed by atoms with Crippen LogP contribution in [0.3, 0.4) is 0 Å². The Bertz CT molecular complexity index is 1050. The van der Waals surface area contributed by atoms with E-state index in [0.29, 0.717) is 29.5 Å². The maximum absolute atomic E-state index is 13.7. The van der Waals surface area contributed by atoms with Gasteiger partial charge < -0.3 is 5.32 Å². The fourth-order valence-electron chi connectivity index (χ4n) is 3.51. The summed E-state index contributed by atoms with van der Waals surface area (Å²) in [6, 6.07) is 9.63. The van der Waals surface area contributed by atoms with Crippen molar-refractivity contribution in [2.24, 2.45) is 0 Å². The van der Waals surface area contributed by atoms with E-state index in [2.05, 4.69) is 5.32 Å². The van der Waals surface area contributed by atoms with E-state index in [1.807, 2.05) is 0 Å². The molecule has 1 heterocycles. The van der Waals surface area contributed by atoms with Gasteiger partial charge in [-0.25, -0.2) is 12.8 Å². The van der Waals surface area contributed by atoms with Crippen LogP contribution in [0.2, 0.25) is 0 Å². The summed E-state index contributed by atoms with van der Waals surface area (Å²) in [5.74, 6) is -0.904. The second kappa shape index (κ2) is 9.06. The predicted octanol–water partition coefficient (Wildman–Crippen LogP) is 3.20. The SMILES string of the molecule is CC(=O)c1ccc(S(=O)(=O)N2CCCCC2C(=O)NCc2ccc(C)c(F)c2)cc1. The average molecular weight is 433 g/mol. The molecule has 1 fully saturated rings. The Labute approximate surface area is 176 Å². The molecule has 1 aliphatic rings. The molecule has 2 aromatic rings. The van der Waals surface area contributed by atoms with Gasteiger partial charge in [-0.2, -0.15) is 4.31 Å². The van der Waals surface area contributed by atoms with E-state index in [1.165, 1.54) is 41.6 Å². The third kappa shape index (κ3) is 4.76. The molecule has 0 radical (unpaired) electrons. The molecular weight excluding hydrogens is 407 g/mol. The molecule has 6 nitrogen and oxygen atoms in total. The highest BCUT2D eigenvalue weighted by molar-refractivity contribution is 7.89. The van der Waals surface area contributed by atoms with Crippen LogP contribution in [0.4, 0.5) is 4.39 Å². The third-order valence-electron chi connectivity index (χ3n) is 5.33. The summed E-state index contributed by atoms with van der Waals surface area (Å²) in [5, 5.41) is 2.74. The van der Waals surface area contributed by atoms with Crippen LogP contribution in [0.5, 0.6) is 0 Å². The Morgan fingerprint density at radius 1 is 1.13 bits per heavy atom. The highest BCUT2D eigenvalue weighted by atomic mass is 32.2. The van der Waals surface area contributed by atoms with Gasteiger partial charge in [0.05, 0.1) is 4.90 Å². The summed E-state index contributed by atoms with van der Waals surface area (Å²) in [4.78, 5) is 24.3. The topological polar surface area (TPSA) is 83.6 Å². The quantitative estimate of drug-likeness (QED) is 0.711. The van der Waals surface area contributed by atoms with Crippen LogP contribution in [0.1, 0.15) is 47.7 Å². The first-order chi connectivity index (χ1) is 14.2. The molecule has 0 aliphatic carbocycles. The lowest BCUT2D eigenvalue weighted by atomic mass is 10.0. The van der Waals surface area contributed by atoms with Crippen LogP contribution in [0, 0.1) is 12.7 Å². The van der Waals surface area contributed by atoms with Crippen molar-refractivity contribution < 1.29 is 22.4 Å². The number of hydrogen-bond acceptors (Lipinski definition) is 4. The van der Waals surface area contributed by atoms with E-state index in [1.54, 1.807) is 19.1 Å². The number of piperidine rings is 1. The lowest BCUT2D eigenvalue weighted by molar-refractivity contribution is -0.125. The molecule has 1 atom stereocenters. The number of carbonyl (C=O) groups excluding carboxylic acids is 2. The van der Waals surface area contributed by atoms with E-state index >= 15 is 0 Å². The van der Waals surface area contributed by atoms with Crippen LogP contribution in [0.25, 0.3) is 0 Å². The van der Waals surface area contributed by atoms with E-state index in [4.69, 9.17) is 0 Å². The second-order valence-electron chi connectivity index (χ2n) is 7.51. The van der Waals surface area contributed by atoms with Gasteiger partial charge in [0, 0.05) is 18.7 Å². The Balaban J connectivity index is 1.76. The Hall–Kier alpha value is -2.58. The maximum Gasteiger partial charge on any atom is 0.243 e. The molecular formula is C22H25FN2O4S. The van der Waals surface area contributed by atoms with Gasteiger partial charge >= 0.3 is 0 Å². The fourth-order valence-corrected chi connectivity index (χ4v) is 5.16. The van der Waals surface area contributed by atoms with Crippen molar-refractivity contribution in [1.29, 1.82) is 0 Å². The summed E-state index contributed by atoms with van der Waals surface area (Å²) in [6.45, 7) is 3.43. The molecule has 1 aliphatic heterocycles. The predicted molar refractivity (Wildman–Crippen MR) is 111 cm³/mol. The van der Waals surface area contributed by atoms with E-state index in [0.717, 1.165) is 6.42 Å². The van der Waals surface area contributed by atoms with Crippen molar-refractivity contribution in [3.05, 3.63) is 65.0 Å². The van der Waals surface area contributed by atoms with Crippen LogP contribution in [0.15, 0.2) is 47.4 Å². The van der Waals surface area contributed by atoms with Crippen LogP contribution in [-0.2, 0) is 21.4 Å². The standard InChI is InChI=1S/C22H25FN2O4S/c1-15-6-7-17(13-20(15)23)14-24-22(27)21-5-3-4-12-25(21)30(28,29)19-10-8-18(9-11-19)16(2)26/h6-11,13,21H,3-5,12,14H2,1-2H3,(H,24,27). The molecule has 2 aromatic carbocycles. The zero-order valence-corrected chi connectivity index (χ0v) is 17.8. The van der Waals surface area contributed by atoms with Crippen LogP contribution >= 0.6 is 0 Å². The molecule has 0 saturated carbocycles. The first-order valence-corrected chi connectivity index (χ1v) is 11.3. The number of sulfonamides is 1. The zero-order valence-electron chi connectivity index (χ0n) is 17.0. The number of ketones is 1. The molecule has 1 saturated heterocycles. The first kappa shape index (κ1) is 22.1. The number of Topliss-reactive ketones (excluding diaryl/α,β-unsaturated/α-hetero) is 1. The minimum atomic E-state index is -3.89. The summed E-state index contributed by atoms with van der Waals surface area (Å²) >= 11 is 0. The van der Waals surface area contributed by atoms with Gasteiger partial charge in [0.2, 0.25) is 15.9 Å². The summed E-state index contributed by atoms with van der Waals surface area (Å²) < 4.78 is 41.2. The van der Waals surface area contributed by atoms with Gasteiger partial charge in [0.15, 0.2) is 5.78 Å². The highest BCUT2D eigenvalue weighted by Gasteiger charge is 2.37. The van der Waals surface area contributed by atoms with E-state index < -0.39 is 22.0 Å². The molecule has 160 valence electrons. The number of halogens is 1. The van der Waals surface area contributed by atoms with Crippen molar-refractivity contribution in [1.82, 2.24) is 9.62 Å². The molecule has 30 heavy (non-hydrogen) atoms. The summed E-state index contributed by atoms with van der Waals surface area (Å²) in [6.07, 6.45) is 1.82. The van der Waals surface area contributed by atoms with Gasteiger partial charge in [-0.1, -0.05) is 30.7 Å². The molecule has 0 bridgehead atoms. The molecule has 1 N–H and O–H groups in total. The number of aryl methyl sites for hydroxylation is 1. The largest absolute Gasteiger partial charge is 0.351 e. The van der Waals surface area contributed by atoms with Crippen molar-refractivity contribution >= 4 is 21.7 Å². The number of hydrogen-bond donors (Lipinski definition) is 1. The van der Waals surface area contributed by atoms with Crippen molar-refractivity contribution in [3.8, 4) is 0 Å². The number of benzene rings is 2. The molecule has 0 spiro atoms. The van der Waals surface area contributed by atoms with Gasteiger partial charge in [-0.15, -0.1) is 0 Å². The molecule has 1 unspecified atom stereocenters. The monoisotopic (exact) mass is 432 g/mol. The molecule has 0 aromatic heterocycles. The Morgan fingerprint density at radius 2 is 1.83 bits per heavy atom. The normalized spacial score (nSPS) is 17.5. The van der Waals surface area contributed by atoms with Crippen LogP contribution < -0.4 is 5.32 Å². The summed E-state index contributed by atoms with van der Waals surface area (Å²) in [5.41, 5.74) is 1.55. The van der Waals surface area contributed by atoms with Gasteiger partial charge in [-0.05, 0) is 56.0 Å². The van der Waals surface area contributed by atoms with Gasteiger partial charge in [-0.3, -0.25) is 9.59 Å². The lowest BCUT2D eigenvalue weighted by Crippen LogP contribution is -2.51. The Morgan fingerprint density at radius 3 is 2.47 bits per heavy atom. The van der Waals surface area contributed by atoms with Crippen LogP contribution in [-0.4, -0.2) is 37.0 Å². The average Bonchev–Trinajstić information content (AvgIpc) is 2.74. The van der Waals surface area contributed by atoms with Gasteiger partial charge in [0.1, 0.15) is 11.9 Å². The van der Waals surface area contributed by atoms with Crippen molar-refractivity contribution in [3.63, 3.8) is 0 Å². The molecule has 1 amide bonds. The second-order valence-corrected chi connectivity index (χ2v) is 9.40. The summed E-state index contributed by atoms with van der Waals surface area (Å²) in [7, 11) is -3.89. The fraction of sp³-hybridized carbons (Fsp3) is 0.364. The highest BCUT2D eigenvalue weighted by Crippen LogP contribution is 2.26. The number of amides is 1. The Kier molecular flexibility index (Phi) is 6.67. The maximum atomic E-state index is 13.7. The molecule has 8 heteroatoms. The number of nitrogens with zero attached hydrogens (tertiary/aromatic N) is 1. The number of carbonyl (C=O) groups is 2. The first-order valence-electron chi connectivity index (χ1n) is 9.86. The number of rotatable bonds is 6. The lowest BCUT2D eigenvalue weighted by Gasteiger charge is -2.33. The minimum absolute atomic E-state index is 0.0489. The minimum Gasteiger partial charge on any atom is -0.351 e. The van der Waals surface area contributed by atoms with Gasteiger partial charge in [0.25, 0.3) is 0 Å². The van der Waals surface area contributed by atoms with E-state index in [-0.39, 0.29) is 29.6 Å². The zero-order chi connectivity index (χ0) is 21.9. The van der Waals surface area contributed by atoms with Crippen molar-refractivity contribution in [2.75, 3.05) is 6.54 Å².